The number of amides is 1. The first-order valence-corrected chi connectivity index (χ1v) is 8.98. The molecule has 0 bridgehead atoms. The van der Waals surface area contributed by atoms with E-state index in [9.17, 15) is 9.59 Å². The second-order valence-corrected chi connectivity index (χ2v) is 7.72. The molecule has 0 spiro atoms. The predicted molar refractivity (Wildman–Crippen MR) is 89.1 cm³/mol. The van der Waals surface area contributed by atoms with Crippen LogP contribution in [0.1, 0.15) is 52.9 Å². The molecule has 0 saturated carbocycles. The molecule has 1 aliphatic heterocycles. The van der Waals surface area contributed by atoms with Gasteiger partial charge >= 0.3 is 12.1 Å². The molecule has 1 atom stereocenters. The minimum Gasteiger partial charge on any atom is -0.469 e. The van der Waals surface area contributed by atoms with E-state index in [1.165, 1.54) is 7.11 Å². The minimum absolute atomic E-state index is 0.213. The summed E-state index contributed by atoms with van der Waals surface area (Å²) in [6.07, 6.45) is 3.89. The van der Waals surface area contributed by atoms with Gasteiger partial charge in [0.1, 0.15) is 5.60 Å². The molecule has 1 saturated heterocycles. The fourth-order valence-electron chi connectivity index (χ4n) is 2.86. The Bertz CT molecular complexity index is 394. The van der Waals surface area contributed by atoms with Gasteiger partial charge in [0.2, 0.25) is 0 Å². The molecule has 128 valence electrons. The summed E-state index contributed by atoms with van der Waals surface area (Å²) in [6.45, 7) is 6.55. The highest BCUT2D eigenvalue weighted by atomic mass is 79.9. The van der Waals surface area contributed by atoms with E-state index in [-0.39, 0.29) is 12.1 Å². The number of esters is 1. The van der Waals surface area contributed by atoms with Gasteiger partial charge in [0, 0.05) is 18.4 Å². The van der Waals surface area contributed by atoms with E-state index >= 15 is 0 Å². The van der Waals surface area contributed by atoms with Crippen molar-refractivity contribution in [2.45, 2.75) is 58.5 Å². The van der Waals surface area contributed by atoms with Crippen molar-refractivity contribution < 1.29 is 19.1 Å². The summed E-state index contributed by atoms with van der Waals surface area (Å²) in [6, 6.07) is 0. The number of rotatable bonds is 5. The molecule has 5 nitrogen and oxygen atoms in total. The number of carbonyl (C=O) groups is 2. The van der Waals surface area contributed by atoms with Crippen LogP contribution in [-0.4, -0.2) is 48.1 Å². The van der Waals surface area contributed by atoms with Crippen molar-refractivity contribution in [3.8, 4) is 0 Å². The maximum atomic E-state index is 12.3. The van der Waals surface area contributed by atoms with Gasteiger partial charge in [-0.3, -0.25) is 4.79 Å². The van der Waals surface area contributed by atoms with Crippen LogP contribution in [0.4, 0.5) is 4.79 Å². The van der Waals surface area contributed by atoms with Crippen LogP contribution >= 0.6 is 15.9 Å². The molecule has 1 rings (SSSR count). The van der Waals surface area contributed by atoms with Crippen LogP contribution in [0.3, 0.4) is 0 Å². The highest BCUT2D eigenvalue weighted by molar-refractivity contribution is 9.09. The van der Waals surface area contributed by atoms with E-state index in [1.54, 1.807) is 4.90 Å². The zero-order valence-electron chi connectivity index (χ0n) is 14.1. The number of ether oxygens (including phenoxy) is 2. The summed E-state index contributed by atoms with van der Waals surface area (Å²) in [5.41, 5.74) is -1.12. The Morgan fingerprint density at radius 3 is 2.50 bits per heavy atom. The van der Waals surface area contributed by atoms with Crippen molar-refractivity contribution in [3.63, 3.8) is 0 Å². The van der Waals surface area contributed by atoms with Gasteiger partial charge in [0.15, 0.2) is 0 Å². The second-order valence-electron chi connectivity index (χ2n) is 6.92. The van der Waals surface area contributed by atoms with Crippen LogP contribution in [0.2, 0.25) is 0 Å². The molecular weight excluding hydrogens is 350 g/mol. The maximum Gasteiger partial charge on any atom is 0.410 e. The number of unbranched alkanes of at least 4 members (excludes halogenated alkanes) is 1. The molecule has 1 amide bonds. The Balaban J connectivity index is 2.80. The molecule has 0 radical (unpaired) electrons. The van der Waals surface area contributed by atoms with Gasteiger partial charge in [-0.15, -0.1) is 0 Å². The van der Waals surface area contributed by atoms with Crippen molar-refractivity contribution in [2.24, 2.45) is 5.41 Å². The average Bonchev–Trinajstić information content (AvgIpc) is 2.45. The maximum absolute atomic E-state index is 12.3. The van der Waals surface area contributed by atoms with Crippen molar-refractivity contribution in [1.82, 2.24) is 4.90 Å². The fourth-order valence-corrected chi connectivity index (χ4v) is 3.26. The summed E-state index contributed by atoms with van der Waals surface area (Å²) >= 11 is 3.41. The number of piperidine rings is 1. The molecule has 0 aromatic carbocycles. The number of methoxy groups -OCH3 is 1. The molecule has 22 heavy (non-hydrogen) atoms. The van der Waals surface area contributed by atoms with E-state index < -0.39 is 11.0 Å². The molecule has 0 aliphatic carbocycles. The Labute approximate surface area is 141 Å². The van der Waals surface area contributed by atoms with Crippen molar-refractivity contribution in [3.05, 3.63) is 0 Å². The van der Waals surface area contributed by atoms with Crippen LogP contribution in [-0.2, 0) is 14.3 Å². The summed E-state index contributed by atoms with van der Waals surface area (Å²) < 4.78 is 10.5. The van der Waals surface area contributed by atoms with Crippen molar-refractivity contribution in [1.29, 1.82) is 0 Å². The number of hydrogen-bond donors (Lipinski definition) is 0. The molecule has 6 heteroatoms. The Morgan fingerprint density at radius 2 is 1.95 bits per heavy atom. The highest BCUT2D eigenvalue weighted by Gasteiger charge is 2.44. The van der Waals surface area contributed by atoms with Gasteiger partial charge in [0.05, 0.1) is 12.5 Å². The lowest BCUT2D eigenvalue weighted by Crippen LogP contribution is -2.51. The zero-order valence-corrected chi connectivity index (χ0v) is 15.7. The second kappa shape index (κ2) is 8.18. The van der Waals surface area contributed by atoms with Gasteiger partial charge in [-0.1, -0.05) is 22.4 Å². The topological polar surface area (TPSA) is 55.8 Å². The molecule has 1 unspecified atom stereocenters. The lowest BCUT2D eigenvalue weighted by Gasteiger charge is -2.41. The normalized spacial score (nSPS) is 22.3. The van der Waals surface area contributed by atoms with Gasteiger partial charge in [-0.2, -0.15) is 0 Å². The molecule has 0 aromatic heterocycles. The first-order valence-electron chi connectivity index (χ1n) is 7.86. The van der Waals surface area contributed by atoms with Crippen LogP contribution in [0.5, 0.6) is 0 Å². The number of likely N-dealkylation sites (tertiary alicyclic amines) is 1. The third-order valence-corrected chi connectivity index (χ3v) is 4.45. The quantitative estimate of drug-likeness (QED) is 0.416. The summed E-state index contributed by atoms with van der Waals surface area (Å²) in [5, 5.41) is 0.917. The third-order valence-electron chi connectivity index (χ3n) is 3.89. The van der Waals surface area contributed by atoms with Crippen LogP contribution < -0.4 is 0 Å². The van der Waals surface area contributed by atoms with Crippen molar-refractivity contribution >= 4 is 28.0 Å². The SMILES string of the molecule is COC(=O)C1(CCCCBr)CCCN(C(=O)OC(C)(C)C)C1. The van der Waals surface area contributed by atoms with E-state index in [0.29, 0.717) is 13.1 Å². The van der Waals surface area contributed by atoms with E-state index in [2.05, 4.69) is 15.9 Å². The summed E-state index contributed by atoms with van der Waals surface area (Å²) in [4.78, 5) is 26.3. The summed E-state index contributed by atoms with van der Waals surface area (Å²) in [5.74, 6) is -0.213. The monoisotopic (exact) mass is 377 g/mol. The smallest absolute Gasteiger partial charge is 0.410 e. The molecule has 0 N–H and O–H groups in total. The third kappa shape index (κ3) is 5.45. The lowest BCUT2D eigenvalue weighted by molar-refractivity contribution is -0.156. The van der Waals surface area contributed by atoms with E-state index in [4.69, 9.17) is 9.47 Å². The van der Waals surface area contributed by atoms with Crippen LogP contribution in [0.15, 0.2) is 0 Å². The molecule has 1 aliphatic rings. The lowest BCUT2D eigenvalue weighted by atomic mass is 9.76. The van der Waals surface area contributed by atoms with Crippen molar-refractivity contribution in [2.75, 3.05) is 25.5 Å². The number of alkyl halides is 1. The van der Waals surface area contributed by atoms with Crippen LogP contribution in [0, 0.1) is 5.41 Å². The van der Waals surface area contributed by atoms with Gasteiger partial charge in [-0.25, -0.2) is 4.79 Å². The number of hydrogen-bond acceptors (Lipinski definition) is 4. The molecular formula is C16H28BrNO4. The Morgan fingerprint density at radius 1 is 1.27 bits per heavy atom. The molecule has 1 heterocycles. The Hall–Kier alpha value is -0.780. The largest absolute Gasteiger partial charge is 0.469 e. The first-order chi connectivity index (χ1) is 10.2. The van der Waals surface area contributed by atoms with Gasteiger partial charge in [0.25, 0.3) is 0 Å². The number of nitrogens with zero attached hydrogens (tertiary/aromatic N) is 1. The van der Waals surface area contributed by atoms with Gasteiger partial charge in [-0.05, 0) is 46.5 Å². The number of halogens is 1. The van der Waals surface area contributed by atoms with E-state index in [1.807, 2.05) is 20.8 Å². The first kappa shape index (κ1) is 19.3. The summed E-state index contributed by atoms with van der Waals surface area (Å²) in [7, 11) is 1.42. The van der Waals surface area contributed by atoms with Crippen LogP contribution in [0.25, 0.3) is 0 Å². The standard InChI is InChI=1S/C16H28BrNO4/c1-15(2,3)22-14(20)18-11-7-9-16(12-18,13(19)21-4)8-5-6-10-17/h5-12H2,1-4H3. The number of carbonyl (C=O) groups excluding carboxylic acids is 2. The fraction of sp³-hybridized carbons (Fsp3) is 0.875. The highest BCUT2D eigenvalue weighted by Crippen LogP contribution is 2.37. The minimum atomic E-state index is -0.591. The Kier molecular flexibility index (Phi) is 7.16. The van der Waals surface area contributed by atoms with Gasteiger partial charge < -0.3 is 14.4 Å². The molecule has 1 fully saturated rings. The van der Waals surface area contributed by atoms with E-state index in [0.717, 1.165) is 37.4 Å². The predicted octanol–water partition coefficient (Wildman–Crippen LogP) is 3.74. The molecule has 0 aromatic rings. The zero-order chi connectivity index (χ0) is 16.8. The average molecular weight is 378 g/mol.